The summed E-state index contributed by atoms with van der Waals surface area (Å²) in [6, 6.07) is 7.65. The Morgan fingerprint density at radius 2 is 1.67 bits per heavy atom. The molecule has 0 spiro atoms. The van der Waals surface area contributed by atoms with Crippen molar-refractivity contribution in [1.82, 2.24) is 9.97 Å². The van der Waals surface area contributed by atoms with Gasteiger partial charge in [-0.05, 0) is 18.2 Å². The highest BCUT2D eigenvalue weighted by molar-refractivity contribution is 6.53. The van der Waals surface area contributed by atoms with Gasteiger partial charge in [-0.15, -0.1) is 0 Å². The predicted molar refractivity (Wildman–Crippen MR) is 104 cm³/mol. The fourth-order valence-electron chi connectivity index (χ4n) is 2.57. The van der Waals surface area contributed by atoms with E-state index in [-0.39, 0.29) is 22.2 Å². The van der Waals surface area contributed by atoms with Gasteiger partial charge in [0, 0.05) is 22.3 Å². The molecule has 11 heteroatoms. The number of anilines is 2. The van der Waals surface area contributed by atoms with Crippen LogP contribution in [0.5, 0.6) is 11.5 Å². The van der Waals surface area contributed by atoms with Crippen LogP contribution in [0.15, 0.2) is 36.7 Å². The van der Waals surface area contributed by atoms with Gasteiger partial charge in [0.2, 0.25) is 0 Å². The van der Waals surface area contributed by atoms with Gasteiger partial charge in [0.25, 0.3) is 0 Å². The topological polar surface area (TPSA) is 56.3 Å². The highest BCUT2D eigenvalue weighted by Crippen LogP contribution is 2.42. The lowest BCUT2D eigenvalue weighted by atomic mass is 9.41. The Morgan fingerprint density at radius 3 is 2.37 bits per heavy atom. The summed E-state index contributed by atoms with van der Waals surface area (Å²) in [5.41, 5.74) is 0.613. The smallest absolute Gasteiger partial charge is 0.165 e. The molecule has 1 aromatic heterocycles. The van der Waals surface area contributed by atoms with Gasteiger partial charge in [0.05, 0.1) is 16.2 Å². The van der Waals surface area contributed by atoms with E-state index in [1.54, 1.807) is 12.1 Å². The maximum absolute atomic E-state index is 14.2. The highest BCUT2D eigenvalue weighted by Gasteiger charge is 2.43. The van der Waals surface area contributed by atoms with Crippen molar-refractivity contribution < 1.29 is 13.9 Å². The maximum atomic E-state index is 14.2. The third-order valence-electron chi connectivity index (χ3n) is 4.07. The number of ether oxygens (including phenoxy) is 2. The monoisotopic (exact) mass is 371 g/mol. The molecule has 5 nitrogen and oxygen atoms in total. The third-order valence-corrected chi connectivity index (χ3v) is 4.37. The Bertz CT molecular complexity index is 1070. The van der Waals surface area contributed by atoms with Gasteiger partial charge in [-0.3, -0.25) is 0 Å². The van der Waals surface area contributed by atoms with Crippen molar-refractivity contribution in [2.75, 3.05) is 5.32 Å². The summed E-state index contributed by atoms with van der Waals surface area (Å²) in [5.74, 6) is 0.0908. The number of rotatable bonds is 2. The fraction of sp³-hybridized carbons (Fsp3) is 0.125. The molecule has 0 aliphatic carbocycles. The van der Waals surface area contributed by atoms with Crippen LogP contribution in [-0.4, -0.2) is 52.2 Å². The van der Waals surface area contributed by atoms with Crippen LogP contribution >= 0.6 is 11.6 Å². The van der Waals surface area contributed by atoms with Crippen molar-refractivity contribution >= 4 is 65.4 Å². The van der Waals surface area contributed by atoms with Crippen molar-refractivity contribution in [3.8, 4) is 11.5 Å². The normalized spacial score (nSPS) is 16.8. The van der Waals surface area contributed by atoms with E-state index in [4.69, 9.17) is 52.5 Å². The molecule has 0 saturated carbocycles. The summed E-state index contributed by atoms with van der Waals surface area (Å²) in [6.07, 6.45) is 1.30. The van der Waals surface area contributed by atoms with Crippen LogP contribution in [0.4, 0.5) is 15.9 Å². The van der Waals surface area contributed by atoms with Crippen LogP contribution in [0.3, 0.4) is 0 Å². The first-order valence-electron chi connectivity index (χ1n) is 7.71. The van der Waals surface area contributed by atoms with Crippen LogP contribution in [0.2, 0.25) is 5.02 Å². The first-order chi connectivity index (χ1) is 12.7. The van der Waals surface area contributed by atoms with E-state index in [1.165, 1.54) is 24.5 Å². The molecule has 0 unspecified atom stereocenters. The molecule has 27 heavy (non-hydrogen) atoms. The second-order valence-corrected chi connectivity index (χ2v) is 6.46. The number of hydrogen-bond acceptors (Lipinski definition) is 5. The van der Waals surface area contributed by atoms with Gasteiger partial charge >= 0.3 is 0 Å². The van der Waals surface area contributed by atoms with Gasteiger partial charge in [-0.2, -0.15) is 0 Å². The van der Waals surface area contributed by atoms with E-state index in [2.05, 4.69) is 15.3 Å². The summed E-state index contributed by atoms with van der Waals surface area (Å²) < 4.78 is 25.2. The van der Waals surface area contributed by atoms with Crippen molar-refractivity contribution in [3.63, 3.8) is 0 Å². The highest BCUT2D eigenvalue weighted by atomic mass is 35.5. The first kappa shape index (κ1) is 18.0. The van der Waals surface area contributed by atoms with Crippen LogP contribution in [-0.2, 0) is 0 Å². The second-order valence-electron chi connectivity index (χ2n) is 6.06. The molecule has 1 aliphatic rings. The molecule has 0 saturated heterocycles. The third kappa shape index (κ3) is 3.02. The molecular weight excluding hydrogens is 364 g/mol. The molecule has 3 aromatic rings. The van der Waals surface area contributed by atoms with Crippen molar-refractivity contribution in [3.05, 3.63) is 47.5 Å². The minimum atomic E-state index is -1.98. The average molecular weight is 371 g/mol. The summed E-state index contributed by atoms with van der Waals surface area (Å²) in [7, 11) is 23.1. The van der Waals surface area contributed by atoms with E-state index in [1.807, 2.05) is 0 Å². The zero-order valence-corrected chi connectivity index (χ0v) is 14.5. The van der Waals surface area contributed by atoms with Crippen molar-refractivity contribution in [1.29, 1.82) is 0 Å². The van der Waals surface area contributed by atoms with E-state index in [9.17, 15) is 4.39 Å². The summed E-state index contributed by atoms with van der Waals surface area (Å²) in [5, 5.41) is -0.574. The Hall–Kier alpha value is -2.34. The lowest BCUT2D eigenvalue weighted by Gasteiger charge is -2.48. The van der Waals surface area contributed by atoms with Gasteiger partial charge in [0.15, 0.2) is 17.3 Å². The largest absolute Gasteiger partial charge is 0.501 e. The van der Waals surface area contributed by atoms with Crippen LogP contribution in [0.1, 0.15) is 0 Å². The number of nitrogens with one attached hydrogen (secondary N) is 1. The van der Waals surface area contributed by atoms with Crippen molar-refractivity contribution in [2.24, 2.45) is 0 Å². The van der Waals surface area contributed by atoms with Crippen LogP contribution in [0, 0.1) is 5.82 Å². The molecule has 0 atom stereocenters. The van der Waals surface area contributed by atoms with E-state index < -0.39 is 16.6 Å². The molecule has 124 valence electrons. The number of nitrogens with zero attached hydrogens (tertiary/aromatic N) is 2. The second kappa shape index (κ2) is 6.09. The average Bonchev–Trinajstić information content (AvgIpc) is 2.58. The van der Waals surface area contributed by atoms with E-state index in [0.717, 1.165) is 0 Å². The van der Waals surface area contributed by atoms with Gasteiger partial charge in [-0.1, -0.05) is 17.7 Å². The summed E-state index contributed by atoms with van der Waals surface area (Å²) in [6.45, 7) is 0. The standard InChI is InChI=1S/C16H7B4ClFN3O2/c17-15(18)16(19,20)27-12-5-10-7(4-11(12)26-15)14(24-6-23-10)25-9-3-1-2-8(21)13(9)22/h1-6H,(H,23,24,25). The fourth-order valence-corrected chi connectivity index (χ4v) is 2.75. The molecule has 8 radical (unpaired) electrons. The zero-order valence-electron chi connectivity index (χ0n) is 13.7. The lowest BCUT2D eigenvalue weighted by Crippen LogP contribution is -2.65. The van der Waals surface area contributed by atoms with Crippen LogP contribution in [0.25, 0.3) is 10.9 Å². The van der Waals surface area contributed by atoms with Gasteiger partial charge in [-0.25, -0.2) is 14.4 Å². The Balaban J connectivity index is 1.82. The molecule has 0 amide bonds. The Kier molecular flexibility index (Phi) is 4.07. The minimum absolute atomic E-state index is 0.0225. The van der Waals surface area contributed by atoms with E-state index >= 15 is 0 Å². The zero-order chi connectivity index (χ0) is 19.4. The molecular formula is C16H7B4ClFN3O2. The van der Waals surface area contributed by atoms with E-state index in [0.29, 0.717) is 16.7 Å². The molecule has 2 aromatic carbocycles. The van der Waals surface area contributed by atoms with Gasteiger partial charge < -0.3 is 14.8 Å². The Labute approximate surface area is 164 Å². The van der Waals surface area contributed by atoms with Crippen LogP contribution < -0.4 is 14.8 Å². The molecule has 1 aliphatic heterocycles. The maximum Gasteiger partial charge on any atom is 0.165 e. The molecule has 2 heterocycles. The quantitative estimate of drug-likeness (QED) is 0.698. The lowest BCUT2D eigenvalue weighted by molar-refractivity contribution is 0.0621. The first-order valence-corrected chi connectivity index (χ1v) is 8.09. The molecule has 0 bridgehead atoms. The SMILES string of the molecule is [B]C1([B])Oc2cc3ncnc(Nc4cccc(Cl)c4F)c3cc2OC1([B])[B]. The minimum Gasteiger partial charge on any atom is -0.501 e. The molecule has 0 fully saturated rings. The number of halogens is 2. The molecule has 1 N–H and O–H groups in total. The van der Waals surface area contributed by atoms with Crippen molar-refractivity contribution in [2.45, 2.75) is 10.8 Å². The number of fused-ring (bicyclic) bond motifs is 2. The number of aromatic nitrogens is 2. The Morgan fingerprint density at radius 1 is 1.00 bits per heavy atom. The predicted octanol–water partition coefficient (Wildman–Crippen LogP) is 1.92. The van der Waals surface area contributed by atoms with Gasteiger partial charge in [0.1, 0.15) is 43.5 Å². The number of benzene rings is 2. The summed E-state index contributed by atoms with van der Waals surface area (Å²) in [4.78, 5) is 8.31. The summed E-state index contributed by atoms with van der Waals surface area (Å²) >= 11 is 5.82. The number of hydrogen-bond donors (Lipinski definition) is 1. The molecule has 4 rings (SSSR count).